The number of hydrogen-bond acceptors (Lipinski definition) is 5. The Balaban J connectivity index is 1.91. The largest absolute Gasteiger partial charge is 0.494 e. The van der Waals surface area contributed by atoms with Gasteiger partial charge in [0.2, 0.25) is 0 Å². The van der Waals surface area contributed by atoms with Crippen molar-refractivity contribution in [2.75, 3.05) is 13.2 Å². The Bertz CT molecular complexity index is 552. The van der Waals surface area contributed by atoms with Crippen molar-refractivity contribution in [3.05, 3.63) is 36.2 Å². The highest BCUT2D eigenvalue weighted by molar-refractivity contribution is 5.34. The first kappa shape index (κ1) is 15.4. The Morgan fingerprint density at radius 2 is 2.10 bits per heavy atom. The number of ether oxygens (including phenoxy) is 2. The lowest BCUT2D eigenvalue weighted by atomic mass is 10.2. The van der Waals surface area contributed by atoms with Crippen LogP contribution in [-0.4, -0.2) is 18.1 Å². The van der Waals surface area contributed by atoms with Crippen LogP contribution in [-0.2, 0) is 6.54 Å². The van der Waals surface area contributed by atoms with E-state index >= 15 is 0 Å². The van der Waals surface area contributed by atoms with Crippen LogP contribution in [0.15, 0.2) is 34.9 Å². The monoisotopic (exact) mass is 290 g/mol. The molecule has 0 unspecified atom stereocenters. The Labute approximate surface area is 125 Å². The normalized spacial score (nSPS) is 10.9. The van der Waals surface area contributed by atoms with E-state index in [1.165, 1.54) is 0 Å². The molecule has 0 amide bonds. The van der Waals surface area contributed by atoms with Crippen LogP contribution < -0.4 is 14.8 Å². The minimum absolute atomic E-state index is 0.241. The quantitative estimate of drug-likeness (QED) is 0.805. The Hall–Kier alpha value is -2.01. The number of rotatable bonds is 8. The minimum Gasteiger partial charge on any atom is -0.494 e. The summed E-state index contributed by atoms with van der Waals surface area (Å²) in [5.74, 6) is 2.01. The molecule has 114 valence electrons. The summed E-state index contributed by atoms with van der Waals surface area (Å²) >= 11 is 0. The van der Waals surface area contributed by atoms with Gasteiger partial charge in [0.05, 0.1) is 12.3 Å². The molecule has 0 saturated heterocycles. The number of hydrogen-bond donors (Lipinski definition) is 1. The molecule has 0 aliphatic heterocycles. The van der Waals surface area contributed by atoms with Gasteiger partial charge >= 0.3 is 6.08 Å². The van der Waals surface area contributed by atoms with Crippen molar-refractivity contribution < 1.29 is 13.9 Å². The summed E-state index contributed by atoms with van der Waals surface area (Å²) in [6.07, 6.45) is 1.85. The van der Waals surface area contributed by atoms with Crippen LogP contribution in [0.5, 0.6) is 17.6 Å². The standard InChI is InChI=1S/C16H22N2O3/c1-4-19-14-6-5-7-15(8-14)21-16-18-13(11-20-16)10-17-9-12(2)3/h5-8,11-12,17H,4,9-10H2,1-3H3. The molecule has 2 aromatic rings. The predicted molar refractivity (Wildman–Crippen MR) is 80.7 cm³/mol. The maximum atomic E-state index is 5.59. The van der Waals surface area contributed by atoms with Crippen molar-refractivity contribution in [2.45, 2.75) is 27.3 Å². The number of nitrogens with one attached hydrogen (secondary N) is 1. The maximum absolute atomic E-state index is 5.59. The second-order valence-corrected chi connectivity index (χ2v) is 5.14. The highest BCUT2D eigenvalue weighted by atomic mass is 16.6. The summed E-state index contributed by atoms with van der Waals surface area (Å²) in [7, 11) is 0. The van der Waals surface area contributed by atoms with Crippen LogP contribution in [0, 0.1) is 5.92 Å². The van der Waals surface area contributed by atoms with Crippen LogP contribution >= 0.6 is 0 Å². The lowest BCUT2D eigenvalue weighted by Crippen LogP contribution is -2.19. The first-order valence-electron chi connectivity index (χ1n) is 7.23. The molecule has 0 fully saturated rings. The number of benzene rings is 1. The first-order valence-corrected chi connectivity index (χ1v) is 7.23. The Morgan fingerprint density at radius 3 is 2.86 bits per heavy atom. The molecule has 1 N–H and O–H groups in total. The summed E-state index contributed by atoms with van der Waals surface area (Å²) in [4.78, 5) is 4.29. The molecule has 0 aliphatic rings. The highest BCUT2D eigenvalue weighted by Gasteiger charge is 2.07. The molecule has 1 aromatic heterocycles. The van der Waals surface area contributed by atoms with E-state index in [0.717, 1.165) is 18.0 Å². The van der Waals surface area contributed by atoms with Gasteiger partial charge in [-0.1, -0.05) is 19.9 Å². The molecule has 1 heterocycles. The number of oxazole rings is 1. The average Bonchev–Trinajstić information content (AvgIpc) is 2.87. The number of nitrogens with zero attached hydrogens (tertiary/aromatic N) is 1. The molecule has 5 nitrogen and oxygen atoms in total. The molecule has 0 saturated carbocycles. The Kier molecular flexibility index (Phi) is 5.63. The third-order valence-electron chi connectivity index (χ3n) is 2.71. The summed E-state index contributed by atoms with van der Waals surface area (Å²) in [6.45, 7) is 8.50. The van der Waals surface area contributed by atoms with Gasteiger partial charge in [-0.25, -0.2) is 0 Å². The molecule has 21 heavy (non-hydrogen) atoms. The summed E-state index contributed by atoms with van der Waals surface area (Å²) in [5.41, 5.74) is 0.826. The predicted octanol–water partition coefficient (Wildman–Crippen LogP) is 3.61. The van der Waals surface area contributed by atoms with Gasteiger partial charge < -0.3 is 19.2 Å². The molecule has 0 radical (unpaired) electrons. The van der Waals surface area contributed by atoms with Crippen molar-refractivity contribution in [1.82, 2.24) is 10.3 Å². The molecule has 0 aliphatic carbocycles. The van der Waals surface area contributed by atoms with Crippen molar-refractivity contribution in [1.29, 1.82) is 0 Å². The lowest BCUT2D eigenvalue weighted by molar-refractivity contribution is 0.321. The molecule has 0 spiro atoms. The number of aromatic nitrogens is 1. The molecule has 1 aromatic carbocycles. The average molecular weight is 290 g/mol. The van der Waals surface area contributed by atoms with Gasteiger partial charge in [0.15, 0.2) is 0 Å². The maximum Gasteiger partial charge on any atom is 0.399 e. The minimum atomic E-state index is 0.241. The topological polar surface area (TPSA) is 56.5 Å². The van der Waals surface area contributed by atoms with E-state index < -0.39 is 0 Å². The van der Waals surface area contributed by atoms with Crippen LogP contribution in [0.3, 0.4) is 0 Å². The van der Waals surface area contributed by atoms with Crippen molar-refractivity contribution >= 4 is 0 Å². The molecule has 2 rings (SSSR count). The van der Waals surface area contributed by atoms with Crippen LogP contribution in [0.1, 0.15) is 26.5 Å². The molecule has 0 atom stereocenters. The summed E-state index contributed by atoms with van der Waals surface area (Å²) in [6, 6.07) is 7.40. The van der Waals surface area contributed by atoms with E-state index in [1.807, 2.05) is 31.2 Å². The molecule has 5 heteroatoms. The van der Waals surface area contributed by atoms with Crippen molar-refractivity contribution in [3.8, 4) is 17.6 Å². The van der Waals surface area contributed by atoms with E-state index in [0.29, 0.717) is 24.8 Å². The summed E-state index contributed by atoms with van der Waals surface area (Å²) in [5, 5.41) is 3.31. The molecular weight excluding hydrogens is 268 g/mol. The fourth-order valence-corrected chi connectivity index (χ4v) is 1.80. The fourth-order valence-electron chi connectivity index (χ4n) is 1.80. The van der Waals surface area contributed by atoms with E-state index in [9.17, 15) is 0 Å². The SMILES string of the molecule is CCOc1cccc(Oc2nc(CNCC(C)C)co2)c1. The van der Waals surface area contributed by atoms with Gasteiger partial charge in [0, 0.05) is 12.6 Å². The van der Waals surface area contributed by atoms with Crippen molar-refractivity contribution in [2.24, 2.45) is 5.92 Å². The third-order valence-corrected chi connectivity index (χ3v) is 2.71. The summed E-state index contributed by atoms with van der Waals surface area (Å²) < 4.78 is 16.3. The van der Waals surface area contributed by atoms with Gasteiger partial charge in [0.25, 0.3) is 0 Å². The van der Waals surface area contributed by atoms with Crippen LogP contribution in [0.4, 0.5) is 0 Å². The van der Waals surface area contributed by atoms with Gasteiger partial charge in [-0.2, -0.15) is 4.98 Å². The van der Waals surface area contributed by atoms with Crippen molar-refractivity contribution in [3.63, 3.8) is 0 Å². The second-order valence-electron chi connectivity index (χ2n) is 5.14. The zero-order valence-corrected chi connectivity index (χ0v) is 12.8. The Morgan fingerprint density at radius 1 is 1.29 bits per heavy atom. The lowest BCUT2D eigenvalue weighted by Gasteiger charge is -2.05. The van der Waals surface area contributed by atoms with E-state index in [4.69, 9.17) is 13.9 Å². The van der Waals surface area contributed by atoms with E-state index in [2.05, 4.69) is 24.1 Å². The zero-order valence-electron chi connectivity index (χ0n) is 12.8. The third kappa shape index (κ3) is 5.11. The van der Waals surface area contributed by atoms with E-state index in [-0.39, 0.29) is 6.08 Å². The van der Waals surface area contributed by atoms with Gasteiger partial charge in [-0.15, -0.1) is 0 Å². The zero-order chi connectivity index (χ0) is 15.1. The second kappa shape index (κ2) is 7.69. The molecular formula is C16H22N2O3. The van der Waals surface area contributed by atoms with Crippen LogP contribution in [0.25, 0.3) is 0 Å². The highest BCUT2D eigenvalue weighted by Crippen LogP contribution is 2.24. The first-order chi connectivity index (χ1) is 10.2. The van der Waals surface area contributed by atoms with Gasteiger partial charge in [0.1, 0.15) is 17.8 Å². The van der Waals surface area contributed by atoms with E-state index in [1.54, 1.807) is 6.26 Å². The smallest absolute Gasteiger partial charge is 0.399 e. The van der Waals surface area contributed by atoms with Gasteiger partial charge in [-0.3, -0.25) is 0 Å². The fraction of sp³-hybridized carbons (Fsp3) is 0.438. The van der Waals surface area contributed by atoms with Gasteiger partial charge in [-0.05, 0) is 31.5 Å². The molecule has 0 bridgehead atoms. The van der Waals surface area contributed by atoms with Crippen LogP contribution in [0.2, 0.25) is 0 Å².